The van der Waals surface area contributed by atoms with Crippen LogP contribution in [0, 0.1) is 5.41 Å². The third-order valence-corrected chi connectivity index (χ3v) is 3.85. The van der Waals surface area contributed by atoms with Crippen LogP contribution in [0.15, 0.2) is 18.2 Å². The van der Waals surface area contributed by atoms with Gasteiger partial charge in [0.05, 0.1) is 0 Å². The van der Waals surface area contributed by atoms with Crippen LogP contribution < -0.4 is 14.8 Å². The molecule has 0 fully saturated rings. The number of rotatable bonds is 4. The van der Waals surface area contributed by atoms with Gasteiger partial charge in [-0.15, -0.1) is 0 Å². The van der Waals surface area contributed by atoms with E-state index in [1.807, 2.05) is 19.2 Å². The number of likely N-dealkylation sites (N-methyl/N-ethyl adjacent to an activating group) is 1. The fraction of sp³-hybridized carbons (Fsp3) is 0.647. The molecule has 112 valence electrons. The van der Waals surface area contributed by atoms with E-state index in [0.29, 0.717) is 12.6 Å². The zero-order valence-electron chi connectivity index (χ0n) is 13.5. The molecule has 1 aliphatic heterocycles. The molecule has 3 heteroatoms. The Hall–Kier alpha value is -1.22. The molecule has 1 heterocycles. The molecular weight excluding hydrogens is 250 g/mol. The van der Waals surface area contributed by atoms with Crippen molar-refractivity contribution < 1.29 is 9.47 Å². The minimum atomic E-state index is -0.131. The number of nitrogens with one attached hydrogen (secondary N) is 1. The largest absolute Gasteiger partial charge is 0.488 e. The van der Waals surface area contributed by atoms with Crippen LogP contribution in [-0.4, -0.2) is 25.3 Å². The second kappa shape index (κ2) is 5.28. The van der Waals surface area contributed by atoms with E-state index in [1.165, 1.54) is 5.56 Å². The summed E-state index contributed by atoms with van der Waals surface area (Å²) in [6.07, 6.45) is 0.939. The standard InChI is InChI=1S/C17H27NO2/c1-16(2,3)14(18-6)11-19-13-9-7-8-12-10-17(4,5)20-15(12)13/h7-9,14,18H,10-11H2,1-6H3. The molecule has 0 amide bonds. The highest BCUT2D eigenvalue weighted by Crippen LogP contribution is 2.41. The van der Waals surface area contributed by atoms with Gasteiger partial charge >= 0.3 is 0 Å². The lowest BCUT2D eigenvalue weighted by atomic mass is 9.87. The van der Waals surface area contributed by atoms with Crippen LogP contribution in [0.25, 0.3) is 0 Å². The minimum Gasteiger partial charge on any atom is -0.488 e. The first-order valence-electron chi connectivity index (χ1n) is 7.34. The monoisotopic (exact) mass is 277 g/mol. The molecule has 0 radical (unpaired) electrons. The van der Waals surface area contributed by atoms with Crippen LogP contribution in [0.4, 0.5) is 0 Å². The zero-order valence-corrected chi connectivity index (χ0v) is 13.5. The van der Waals surface area contributed by atoms with Gasteiger partial charge in [0.2, 0.25) is 0 Å². The van der Waals surface area contributed by atoms with E-state index < -0.39 is 0 Å². The molecule has 0 bridgehead atoms. The highest BCUT2D eigenvalue weighted by atomic mass is 16.5. The van der Waals surface area contributed by atoms with Crippen molar-refractivity contribution >= 4 is 0 Å². The Morgan fingerprint density at radius 1 is 1.35 bits per heavy atom. The molecule has 1 aromatic rings. The second-order valence-electron chi connectivity index (χ2n) is 7.30. The van der Waals surface area contributed by atoms with E-state index in [9.17, 15) is 0 Å². The van der Waals surface area contributed by atoms with Crippen molar-refractivity contribution in [1.29, 1.82) is 0 Å². The number of hydrogen-bond donors (Lipinski definition) is 1. The smallest absolute Gasteiger partial charge is 0.165 e. The van der Waals surface area contributed by atoms with Crippen LogP contribution >= 0.6 is 0 Å². The summed E-state index contributed by atoms with van der Waals surface area (Å²) >= 11 is 0. The first kappa shape index (κ1) is 15.2. The summed E-state index contributed by atoms with van der Waals surface area (Å²) in [4.78, 5) is 0. The summed E-state index contributed by atoms with van der Waals surface area (Å²) in [6.45, 7) is 11.5. The highest BCUT2D eigenvalue weighted by molar-refractivity contribution is 5.50. The van der Waals surface area contributed by atoms with Gasteiger partial charge in [-0.1, -0.05) is 32.9 Å². The highest BCUT2D eigenvalue weighted by Gasteiger charge is 2.32. The van der Waals surface area contributed by atoms with Gasteiger partial charge in [0.25, 0.3) is 0 Å². The molecule has 1 aliphatic rings. The summed E-state index contributed by atoms with van der Waals surface area (Å²) in [6, 6.07) is 6.46. The quantitative estimate of drug-likeness (QED) is 0.915. The topological polar surface area (TPSA) is 30.5 Å². The first-order chi connectivity index (χ1) is 9.23. The van der Waals surface area contributed by atoms with Crippen molar-refractivity contribution in [3.8, 4) is 11.5 Å². The Labute approximate surface area is 122 Å². The van der Waals surface area contributed by atoms with Gasteiger partial charge in [0.1, 0.15) is 12.2 Å². The van der Waals surface area contributed by atoms with Gasteiger partial charge in [-0.25, -0.2) is 0 Å². The van der Waals surface area contributed by atoms with Crippen LogP contribution in [0.2, 0.25) is 0 Å². The fourth-order valence-electron chi connectivity index (χ4n) is 2.64. The lowest BCUT2D eigenvalue weighted by molar-refractivity contribution is 0.126. The maximum Gasteiger partial charge on any atom is 0.165 e. The van der Waals surface area contributed by atoms with Gasteiger partial charge in [0, 0.05) is 18.0 Å². The van der Waals surface area contributed by atoms with E-state index in [4.69, 9.17) is 9.47 Å². The number of ether oxygens (including phenoxy) is 2. The van der Waals surface area contributed by atoms with E-state index in [0.717, 1.165) is 17.9 Å². The Bertz CT molecular complexity index is 474. The van der Waals surface area contributed by atoms with Crippen LogP contribution in [0.1, 0.15) is 40.2 Å². The SMILES string of the molecule is CNC(COc1cccc2c1OC(C)(C)C2)C(C)(C)C. The number of para-hydroxylation sites is 1. The molecule has 0 spiro atoms. The van der Waals surface area contributed by atoms with Crippen molar-refractivity contribution in [1.82, 2.24) is 5.32 Å². The van der Waals surface area contributed by atoms with E-state index in [1.54, 1.807) is 0 Å². The van der Waals surface area contributed by atoms with Gasteiger partial charge in [-0.2, -0.15) is 0 Å². The van der Waals surface area contributed by atoms with Gasteiger partial charge in [0.15, 0.2) is 11.5 Å². The van der Waals surface area contributed by atoms with Gasteiger partial charge in [-0.3, -0.25) is 0 Å². The molecule has 0 saturated carbocycles. The zero-order chi connectivity index (χ0) is 15.0. The third-order valence-electron chi connectivity index (χ3n) is 3.85. The van der Waals surface area contributed by atoms with Crippen LogP contribution in [-0.2, 0) is 6.42 Å². The molecule has 1 atom stereocenters. The molecule has 1 N–H and O–H groups in total. The maximum atomic E-state index is 6.03. The lowest BCUT2D eigenvalue weighted by Crippen LogP contribution is -2.42. The number of benzene rings is 1. The van der Waals surface area contributed by atoms with Crippen molar-refractivity contribution in [2.45, 2.75) is 52.7 Å². The van der Waals surface area contributed by atoms with E-state index in [2.05, 4.69) is 46.0 Å². The van der Waals surface area contributed by atoms with Gasteiger partial charge in [-0.05, 0) is 32.4 Å². The molecule has 0 saturated heterocycles. The summed E-state index contributed by atoms with van der Waals surface area (Å²) in [5, 5.41) is 3.33. The molecule has 0 aliphatic carbocycles. The summed E-state index contributed by atoms with van der Waals surface area (Å²) < 4.78 is 12.1. The van der Waals surface area contributed by atoms with Gasteiger partial charge < -0.3 is 14.8 Å². The average molecular weight is 277 g/mol. The molecular formula is C17H27NO2. The Morgan fingerprint density at radius 2 is 2.05 bits per heavy atom. The van der Waals surface area contributed by atoms with E-state index in [-0.39, 0.29) is 11.0 Å². The summed E-state index contributed by atoms with van der Waals surface area (Å²) in [7, 11) is 1.98. The average Bonchev–Trinajstić information content (AvgIpc) is 2.62. The minimum absolute atomic E-state index is 0.131. The predicted octanol–water partition coefficient (Wildman–Crippen LogP) is 3.41. The number of hydrogen-bond acceptors (Lipinski definition) is 3. The Morgan fingerprint density at radius 3 is 2.65 bits per heavy atom. The summed E-state index contributed by atoms with van der Waals surface area (Å²) in [5.74, 6) is 1.78. The molecule has 20 heavy (non-hydrogen) atoms. The van der Waals surface area contributed by atoms with Crippen molar-refractivity contribution in [2.75, 3.05) is 13.7 Å². The molecule has 2 rings (SSSR count). The second-order valence-corrected chi connectivity index (χ2v) is 7.30. The van der Waals surface area contributed by atoms with Crippen molar-refractivity contribution in [3.05, 3.63) is 23.8 Å². The van der Waals surface area contributed by atoms with E-state index >= 15 is 0 Å². The maximum absolute atomic E-state index is 6.03. The van der Waals surface area contributed by atoms with Crippen molar-refractivity contribution in [2.24, 2.45) is 5.41 Å². The normalized spacial score (nSPS) is 18.3. The predicted molar refractivity (Wildman–Crippen MR) is 82.7 cm³/mol. The lowest BCUT2D eigenvalue weighted by Gasteiger charge is -2.30. The van der Waals surface area contributed by atoms with Crippen LogP contribution in [0.3, 0.4) is 0 Å². The van der Waals surface area contributed by atoms with Crippen LogP contribution in [0.5, 0.6) is 11.5 Å². The molecule has 0 aromatic heterocycles. The van der Waals surface area contributed by atoms with Crippen molar-refractivity contribution in [3.63, 3.8) is 0 Å². The Balaban J connectivity index is 2.11. The molecule has 3 nitrogen and oxygen atoms in total. The summed E-state index contributed by atoms with van der Waals surface area (Å²) in [5.41, 5.74) is 1.27. The number of fused-ring (bicyclic) bond motifs is 1. The first-order valence-corrected chi connectivity index (χ1v) is 7.34. The Kier molecular flexibility index (Phi) is 4.01. The molecule has 1 aromatic carbocycles. The fourth-order valence-corrected chi connectivity index (χ4v) is 2.64. The third kappa shape index (κ3) is 3.26. The molecule has 1 unspecified atom stereocenters.